The van der Waals surface area contributed by atoms with Crippen LogP contribution in [-0.2, 0) is 16.6 Å². The molecule has 0 heterocycles. The lowest BCUT2D eigenvalue weighted by Crippen LogP contribution is -2.42. The Kier molecular flexibility index (Phi) is 7.69. The molecule has 0 aliphatic carbocycles. The predicted octanol–water partition coefficient (Wildman–Crippen LogP) is 2.56. The van der Waals surface area contributed by atoms with E-state index in [-0.39, 0.29) is 17.0 Å². The molecule has 1 aromatic carbocycles. The van der Waals surface area contributed by atoms with Crippen molar-refractivity contribution in [2.24, 2.45) is 5.92 Å². The van der Waals surface area contributed by atoms with E-state index >= 15 is 0 Å². The quantitative estimate of drug-likeness (QED) is 0.752. The van der Waals surface area contributed by atoms with E-state index in [0.717, 1.165) is 5.56 Å². The Morgan fingerprint density at radius 1 is 1.08 bits per heavy atom. The lowest BCUT2D eigenvalue weighted by molar-refractivity contribution is 0.234. The predicted molar refractivity (Wildman–Crippen MR) is 96.2 cm³/mol. The highest BCUT2D eigenvalue weighted by molar-refractivity contribution is 7.89. The topological polar surface area (TPSA) is 78.5 Å². The smallest absolute Gasteiger partial charge is 0.315 e. The number of sulfonamides is 1. The van der Waals surface area contributed by atoms with Crippen molar-refractivity contribution in [1.29, 1.82) is 0 Å². The first-order valence-electron chi connectivity index (χ1n) is 8.35. The SMILES string of the molecule is CCN(CC)S(=O)(=O)c1ccc(CNC(=O)NC(C)C(C)C)cc1. The van der Waals surface area contributed by atoms with Gasteiger partial charge in [0.15, 0.2) is 0 Å². The Hall–Kier alpha value is -1.60. The Morgan fingerprint density at radius 2 is 1.62 bits per heavy atom. The van der Waals surface area contributed by atoms with Gasteiger partial charge in [-0.15, -0.1) is 0 Å². The highest BCUT2D eigenvalue weighted by atomic mass is 32.2. The number of amides is 2. The van der Waals surface area contributed by atoms with Gasteiger partial charge >= 0.3 is 6.03 Å². The molecule has 136 valence electrons. The third-order valence-electron chi connectivity index (χ3n) is 4.08. The lowest BCUT2D eigenvalue weighted by atomic mass is 10.1. The van der Waals surface area contributed by atoms with Crippen LogP contribution in [0, 0.1) is 5.92 Å². The normalized spacial score (nSPS) is 13.1. The largest absolute Gasteiger partial charge is 0.335 e. The fourth-order valence-corrected chi connectivity index (χ4v) is 3.56. The van der Waals surface area contributed by atoms with Crippen LogP contribution >= 0.6 is 0 Å². The monoisotopic (exact) mass is 355 g/mol. The van der Waals surface area contributed by atoms with Crippen molar-refractivity contribution in [1.82, 2.24) is 14.9 Å². The van der Waals surface area contributed by atoms with Crippen LogP contribution in [0.1, 0.15) is 40.2 Å². The number of hydrogen-bond donors (Lipinski definition) is 2. The molecule has 0 saturated carbocycles. The van der Waals surface area contributed by atoms with Gasteiger partial charge in [-0.1, -0.05) is 39.8 Å². The van der Waals surface area contributed by atoms with E-state index in [4.69, 9.17) is 0 Å². The van der Waals surface area contributed by atoms with E-state index in [1.807, 2.05) is 34.6 Å². The summed E-state index contributed by atoms with van der Waals surface area (Å²) in [4.78, 5) is 12.1. The molecule has 1 atom stereocenters. The van der Waals surface area contributed by atoms with Crippen LogP contribution in [0.4, 0.5) is 4.79 Å². The van der Waals surface area contributed by atoms with Crippen molar-refractivity contribution in [3.8, 4) is 0 Å². The fraction of sp³-hybridized carbons (Fsp3) is 0.588. The van der Waals surface area contributed by atoms with Gasteiger partial charge in [0, 0.05) is 25.7 Å². The minimum atomic E-state index is -3.44. The van der Waals surface area contributed by atoms with Gasteiger partial charge in [-0.2, -0.15) is 4.31 Å². The Labute approximate surface area is 145 Å². The number of rotatable bonds is 8. The molecule has 2 amide bonds. The zero-order valence-electron chi connectivity index (χ0n) is 15.2. The molecule has 0 bridgehead atoms. The molecule has 1 rings (SSSR count). The number of benzene rings is 1. The van der Waals surface area contributed by atoms with Crippen molar-refractivity contribution in [2.45, 2.75) is 52.1 Å². The highest BCUT2D eigenvalue weighted by Gasteiger charge is 2.21. The summed E-state index contributed by atoms with van der Waals surface area (Å²) >= 11 is 0. The molecule has 0 saturated heterocycles. The van der Waals surface area contributed by atoms with Gasteiger partial charge in [0.05, 0.1) is 4.90 Å². The van der Waals surface area contributed by atoms with Gasteiger partial charge in [-0.3, -0.25) is 0 Å². The molecule has 6 nitrogen and oxygen atoms in total. The maximum atomic E-state index is 12.4. The molecule has 0 spiro atoms. The summed E-state index contributed by atoms with van der Waals surface area (Å²) in [6, 6.07) is 6.48. The molecular weight excluding hydrogens is 326 g/mol. The molecule has 7 heteroatoms. The van der Waals surface area contributed by atoms with E-state index in [1.54, 1.807) is 24.3 Å². The van der Waals surface area contributed by atoms with Crippen molar-refractivity contribution in [2.75, 3.05) is 13.1 Å². The summed E-state index contributed by atoms with van der Waals surface area (Å²) in [5.74, 6) is 0.361. The molecule has 0 aliphatic heterocycles. The molecule has 2 N–H and O–H groups in total. The second kappa shape index (κ2) is 9.03. The first kappa shape index (κ1) is 20.4. The summed E-state index contributed by atoms with van der Waals surface area (Å²) in [5.41, 5.74) is 0.848. The molecule has 0 radical (unpaired) electrons. The summed E-state index contributed by atoms with van der Waals surface area (Å²) in [7, 11) is -3.44. The Balaban J connectivity index is 2.67. The van der Waals surface area contributed by atoms with Gasteiger partial charge in [0.2, 0.25) is 10.0 Å². The van der Waals surface area contributed by atoms with Gasteiger partial charge in [0.1, 0.15) is 0 Å². The minimum absolute atomic E-state index is 0.0894. The second-order valence-corrected chi connectivity index (χ2v) is 8.03. The summed E-state index contributed by atoms with van der Waals surface area (Å²) in [6.07, 6.45) is 0. The van der Waals surface area contributed by atoms with E-state index in [2.05, 4.69) is 10.6 Å². The van der Waals surface area contributed by atoms with Gasteiger partial charge in [-0.05, 0) is 30.5 Å². The maximum absolute atomic E-state index is 12.4. The third-order valence-corrected chi connectivity index (χ3v) is 6.14. The van der Waals surface area contributed by atoms with Crippen LogP contribution in [0.25, 0.3) is 0 Å². The van der Waals surface area contributed by atoms with Crippen molar-refractivity contribution in [3.63, 3.8) is 0 Å². The number of nitrogens with zero attached hydrogens (tertiary/aromatic N) is 1. The average molecular weight is 356 g/mol. The third kappa shape index (κ3) is 5.49. The lowest BCUT2D eigenvalue weighted by Gasteiger charge is -2.19. The number of urea groups is 1. The molecule has 0 aromatic heterocycles. The number of carbonyl (C=O) groups excluding carboxylic acids is 1. The minimum Gasteiger partial charge on any atom is -0.335 e. The first-order valence-corrected chi connectivity index (χ1v) is 9.79. The maximum Gasteiger partial charge on any atom is 0.315 e. The molecule has 0 fully saturated rings. The van der Waals surface area contributed by atoms with Gasteiger partial charge < -0.3 is 10.6 Å². The van der Waals surface area contributed by atoms with E-state index in [0.29, 0.717) is 25.6 Å². The fourth-order valence-electron chi connectivity index (χ4n) is 2.10. The molecular formula is C17H29N3O3S. The Morgan fingerprint density at radius 3 is 2.08 bits per heavy atom. The summed E-state index contributed by atoms with van der Waals surface area (Å²) < 4.78 is 26.2. The molecule has 1 aromatic rings. The van der Waals surface area contributed by atoms with Crippen molar-refractivity contribution >= 4 is 16.1 Å². The first-order chi connectivity index (χ1) is 11.2. The van der Waals surface area contributed by atoms with Crippen LogP contribution in [-0.4, -0.2) is 37.9 Å². The van der Waals surface area contributed by atoms with Crippen molar-refractivity contribution < 1.29 is 13.2 Å². The molecule has 1 unspecified atom stereocenters. The van der Waals surface area contributed by atoms with Crippen LogP contribution in [0.5, 0.6) is 0 Å². The molecule has 0 aliphatic rings. The highest BCUT2D eigenvalue weighted by Crippen LogP contribution is 2.16. The molecule has 24 heavy (non-hydrogen) atoms. The van der Waals surface area contributed by atoms with E-state index < -0.39 is 10.0 Å². The second-order valence-electron chi connectivity index (χ2n) is 6.09. The van der Waals surface area contributed by atoms with E-state index in [1.165, 1.54) is 4.31 Å². The zero-order valence-corrected chi connectivity index (χ0v) is 16.0. The zero-order chi connectivity index (χ0) is 18.3. The summed E-state index contributed by atoms with van der Waals surface area (Å²) in [6.45, 7) is 10.9. The number of carbonyl (C=O) groups is 1. The van der Waals surface area contributed by atoms with Gasteiger partial charge in [0.25, 0.3) is 0 Å². The number of hydrogen-bond acceptors (Lipinski definition) is 3. The number of nitrogens with one attached hydrogen (secondary N) is 2. The van der Waals surface area contributed by atoms with Crippen LogP contribution in [0.15, 0.2) is 29.2 Å². The van der Waals surface area contributed by atoms with Crippen LogP contribution in [0.3, 0.4) is 0 Å². The van der Waals surface area contributed by atoms with Crippen molar-refractivity contribution in [3.05, 3.63) is 29.8 Å². The Bertz CT molecular complexity index is 623. The standard InChI is InChI=1S/C17H29N3O3S/c1-6-20(7-2)24(22,23)16-10-8-15(9-11-16)12-18-17(21)19-14(5)13(3)4/h8-11,13-14H,6-7,12H2,1-5H3,(H2,18,19,21). The van der Waals surface area contributed by atoms with Gasteiger partial charge in [-0.25, -0.2) is 13.2 Å². The average Bonchev–Trinajstić information content (AvgIpc) is 2.54. The summed E-state index contributed by atoms with van der Waals surface area (Å²) in [5, 5.41) is 5.64. The van der Waals surface area contributed by atoms with Crippen LogP contribution < -0.4 is 10.6 Å². The van der Waals surface area contributed by atoms with Crippen LogP contribution in [0.2, 0.25) is 0 Å². The van der Waals surface area contributed by atoms with E-state index in [9.17, 15) is 13.2 Å².